The minimum absolute atomic E-state index is 0.112. The summed E-state index contributed by atoms with van der Waals surface area (Å²) in [6.45, 7) is 2.10. The van der Waals surface area contributed by atoms with Gasteiger partial charge in [-0.2, -0.15) is 22.0 Å². The van der Waals surface area contributed by atoms with E-state index < -0.39 is 23.1 Å². The van der Waals surface area contributed by atoms with Gasteiger partial charge in [0.05, 0.1) is 12.9 Å². The zero-order valence-electron chi connectivity index (χ0n) is 19.8. The van der Waals surface area contributed by atoms with Gasteiger partial charge in [-0.15, -0.1) is 0 Å². The van der Waals surface area contributed by atoms with Gasteiger partial charge in [0.1, 0.15) is 11.9 Å². The van der Waals surface area contributed by atoms with Crippen molar-refractivity contribution in [2.75, 3.05) is 13.7 Å². The Labute approximate surface area is 201 Å². The third-order valence-electron chi connectivity index (χ3n) is 9.28. The van der Waals surface area contributed by atoms with E-state index in [1.807, 2.05) is 0 Å². The summed E-state index contributed by atoms with van der Waals surface area (Å²) in [5.41, 5.74) is 0.654. The molecule has 0 bridgehead atoms. The van der Waals surface area contributed by atoms with Crippen molar-refractivity contribution < 1.29 is 36.2 Å². The Balaban J connectivity index is 1.70. The Morgan fingerprint density at radius 2 is 1.80 bits per heavy atom. The van der Waals surface area contributed by atoms with Crippen LogP contribution in [0.4, 0.5) is 22.0 Å². The molecule has 190 valence electrons. The largest absolute Gasteiger partial charge is 0.501 e. The van der Waals surface area contributed by atoms with Crippen LogP contribution in [0.25, 0.3) is 0 Å². The monoisotopic (exact) mass is 496 g/mol. The maximum atomic E-state index is 15.3. The Hall–Kier alpha value is -2.22. The SMILES string of the molecule is CO[C@@]1(C(F)(F)C(F)(F)F)CCC2C3CCC4=COCCC4=C3C(c3ccc(C=O)cc3)C[C@@]21C. The van der Waals surface area contributed by atoms with Crippen LogP contribution in [-0.4, -0.2) is 37.7 Å². The fourth-order valence-corrected chi connectivity index (χ4v) is 7.74. The lowest BCUT2D eigenvalue weighted by molar-refractivity contribution is -0.367. The molecule has 0 N–H and O–H groups in total. The van der Waals surface area contributed by atoms with Crippen molar-refractivity contribution >= 4 is 6.29 Å². The van der Waals surface area contributed by atoms with E-state index in [2.05, 4.69) is 0 Å². The van der Waals surface area contributed by atoms with Gasteiger partial charge in [0, 0.05) is 30.4 Å². The molecule has 3 unspecified atom stereocenters. The van der Waals surface area contributed by atoms with E-state index in [0.717, 1.165) is 35.7 Å². The van der Waals surface area contributed by atoms with Crippen LogP contribution in [0.1, 0.15) is 67.3 Å². The van der Waals surface area contributed by atoms with E-state index in [-0.39, 0.29) is 37.0 Å². The van der Waals surface area contributed by atoms with Crippen LogP contribution in [0.15, 0.2) is 47.2 Å². The molecule has 5 atom stereocenters. The Morgan fingerprint density at radius 1 is 1.09 bits per heavy atom. The van der Waals surface area contributed by atoms with Crippen molar-refractivity contribution in [3.63, 3.8) is 0 Å². The van der Waals surface area contributed by atoms with Gasteiger partial charge in [-0.05, 0) is 60.6 Å². The highest BCUT2D eigenvalue weighted by Gasteiger charge is 2.80. The molecule has 4 aliphatic rings. The number of halogens is 5. The van der Waals surface area contributed by atoms with Crippen molar-refractivity contribution in [1.82, 2.24) is 0 Å². The molecule has 2 fully saturated rings. The lowest BCUT2D eigenvalue weighted by Crippen LogP contribution is -2.66. The molecule has 1 aromatic rings. The number of rotatable bonds is 4. The zero-order chi connectivity index (χ0) is 25.2. The first-order valence-electron chi connectivity index (χ1n) is 12.1. The number of ether oxygens (including phenoxy) is 2. The fraction of sp³-hybridized carbons (Fsp3) is 0.593. The normalized spacial score (nSPS) is 34.9. The number of methoxy groups -OCH3 is 1. The Bertz CT molecular complexity index is 1070. The lowest BCUT2D eigenvalue weighted by atomic mass is 9.50. The first-order valence-corrected chi connectivity index (χ1v) is 12.1. The molecule has 0 amide bonds. The molecule has 35 heavy (non-hydrogen) atoms. The summed E-state index contributed by atoms with van der Waals surface area (Å²) in [5, 5.41) is 0. The number of alkyl halides is 5. The average molecular weight is 497 g/mol. The van der Waals surface area contributed by atoms with Crippen LogP contribution in [0.5, 0.6) is 0 Å². The van der Waals surface area contributed by atoms with Crippen molar-refractivity contribution in [1.29, 1.82) is 0 Å². The van der Waals surface area contributed by atoms with Gasteiger partial charge in [0.15, 0.2) is 0 Å². The number of carbonyl (C=O) groups excluding carboxylic acids is 1. The Kier molecular flexibility index (Phi) is 5.70. The second kappa shape index (κ2) is 8.15. The quantitative estimate of drug-likeness (QED) is 0.333. The zero-order valence-corrected chi connectivity index (χ0v) is 19.8. The van der Waals surface area contributed by atoms with E-state index >= 15 is 8.78 Å². The molecule has 3 aliphatic carbocycles. The lowest BCUT2D eigenvalue weighted by Gasteiger charge is -2.57. The summed E-state index contributed by atoms with van der Waals surface area (Å²) in [6.07, 6.45) is -1.12. The van der Waals surface area contributed by atoms with E-state index in [9.17, 15) is 18.0 Å². The first-order chi connectivity index (χ1) is 16.5. The fourth-order valence-electron chi connectivity index (χ4n) is 7.74. The number of hydrogen-bond donors (Lipinski definition) is 0. The summed E-state index contributed by atoms with van der Waals surface area (Å²) >= 11 is 0. The molecule has 3 nitrogen and oxygen atoms in total. The summed E-state index contributed by atoms with van der Waals surface area (Å²) in [7, 11) is 0.995. The number of carbonyl (C=O) groups is 1. The molecule has 0 radical (unpaired) electrons. The minimum atomic E-state index is -5.72. The maximum Gasteiger partial charge on any atom is 0.456 e. The van der Waals surface area contributed by atoms with Crippen LogP contribution in [-0.2, 0) is 9.47 Å². The highest BCUT2D eigenvalue weighted by atomic mass is 19.4. The van der Waals surface area contributed by atoms with Crippen molar-refractivity contribution in [3.05, 3.63) is 58.4 Å². The van der Waals surface area contributed by atoms with E-state index in [1.54, 1.807) is 37.5 Å². The molecule has 1 aliphatic heterocycles. The molecular formula is C27H29F5O3. The van der Waals surface area contributed by atoms with Crippen LogP contribution < -0.4 is 0 Å². The van der Waals surface area contributed by atoms with Crippen LogP contribution in [0.3, 0.4) is 0 Å². The third kappa shape index (κ3) is 3.27. The number of benzene rings is 1. The summed E-state index contributed by atoms with van der Waals surface area (Å²) in [4.78, 5) is 11.2. The van der Waals surface area contributed by atoms with Gasteiger partial charge in [0.25, 0.3) is 0 Å². The number of aldehydes is 1. The number of hydrogen-bond acceptors (Lipinski definition) is 3. The highest BCUT2D eigenvalue weighted by molar-refractivity contribution is 5.74. The summed E-state index contributed by atoms with van der Waals surface area (Å²) < 4.78 is 82.9. The van der Waals surface area contributed by atoms with Crippen molar-refractivity contribution in [2.24, 2.45) is 17.3 Å². The third-order valence-corrected chi connectivity index (χ3v) is 9.28. The van der Waals surface area contributed by atoms with Crippen molar-refractivity contribution in [2.45, 2.75) is 69.1 Å². The minimum Gasteiger partial charge on any atom is -0.501 e. The van der Waals surface area contributed by atoms with Gasteiger partial charge >= 0.3 is 12.1 Å². The van der Waals surface area contributed by atoms with Gasteiger partial charge in [-0.25, -0.2) is 0 Å². The topological polar surface area (TPSA) is 35.5 Å². The van der Waals surface area contributed by atoms with Crippen LogP contribution in [0, 0.1) is 17.3 Å². The standard InChI is InChI=1S/C27H29F5O3/c1-24-13-21(17-5-3-16(14-33)4-6-17)23-19-10-12-35-15-18(19)7-8-20(23)22(24)9-11-25(24,34-2)26(28,29)27(30,31)32/h3-6,14-15,20-22H,7-13H2,1-2H3/t20?,21?,22?,24-,25-/m0/s1. The molecular weight excluding hydrogens is 467 g/mol. The van der Waals surface area contributed by atoms with Crippen LogP contribution >= 0.6 is 0 Å². The molecule has 2 saturated carbocycles. The molecule has 0 aromatic heterocycles. The van der Waals surface area contributed by atoms with Gasteiger partial charge in [0.2, 0.25) is 0 Å². The first kappa shape index (κ1) is 24.5. The van der Waals surface area contributed by atoms with E-state index in [0.29, 0.717) is 31.4 Å². The highest BCUT2D eigenvalue weighted by Crippen LogP contribution is 2.71. The molecule has 0 spiro atoms. The second-order valence-electron chi connectivity index (χ2n) is 10.6. The van der Waals surface area contributed by atoms with E-state index in [1.165, 1.54) is 0 Å². The number of allylic oxidation sites excluding steroid dienone is 2. The Morgan fingerprint density at radius 3 is 2.43 bits per heavy atom. The van der Waals surface area contributed by atoms with Crippen molar-refractivity contribution in [3.8, 4) is 0 Å². The summed E-state index contributed by atoms with van der Waals surface area (Å²) in [6, 6.07) is 6.93. The smallest absolute Gasteiger partial charge is 0.456 e. The molecule has 5 rings (SSSR count). The van der Waals surface area contributed by atoms with E-state index in [4.69, 9.17) is 9.47 Å². The predicted molar refractivity (Wildman–Crippen MR) is 119 cm³/mol. The summed E-state index contributed by atoms with van der Waals surface area (Å²) in [5.74, 6) is -5.81. The molecule has 1 heterocycles. The van der Waals surface area contributed by atoms with Gasteiger partial charge < -0.3 is 9.47 Å². The van der Waals surface area contributed by atoms with Gasteiger partial charge in [-0.1, -0.05) is 36.8 Å². The molecule has 0 saturated heterocycles. The van der Waals surface area contributed by atoms with Crippen LogP contribution in [0.2, 0.25) is 0 Å². The second-order valence-corrected chi connectivity index (χ2v) is 10.6. The average Bonchev–Trinajstić information content (AvgIpc) is 3.16. The number of fused-ring (bicyclic) bond motifs is 4. The molecule has 8 heteroatoms. The predicted octanol–water partition coefficient (Wildman–Crippen LogP) is 7.00. The molecule has 1 aromatic carbocycles. The maximum absolute atomic E-state index is 15.3. The van der Waals surface area contributed by atoms with Gasteiger partial charge in [-0.3, -0.25) is 4.79 Å².